The second kappa shape index (κ2) is 7.07. The molecule has 20 heavy (non-hydrogen) atoms. The molecule has 0 heterocycles. The predicted molar refractivity (Wildman–Crippen MR) is 85.8 cm³/mol. The topological polar surface area (TPSA) is 37.3 Å². The quantitative estimate of drug-likeness (QED) is 0.824. The molecule has 2 aromatic rings. The van der Waals surface area contributed by atoms with E-state index in [1.54, 1.807) is 0 Å². The third-order valence-corrected chi connectivity index (χ3v) is 4.24. The van der Waals surface area contributed by atoms with Gasteiger partial charge in [-0.2, -0.15) is 0 Å². The number of thioether (sulfide) groups is 1. The van der Waals surface area contributed by atoms with Crippen molar-refractivity contribution >= 4 is 32.8 Å². The maximum absolute atomic E-state index is 12.0. The minimum Gasteiger partial charge on any atom is -0.388 e. The largest absolute Gasteiger partial charge is 0.388 e. The SMILES string of the molecule is Cc1ccc(SC(=O)C[C@@H](O)c2cccc(Br)c2)cc1. The molecule has 0 aliphatic rings. The molecule has 0 fully saturated rings. The second-order valence-electron chi connectivity index (χ2n) is 4.56. The fourth-order valence-electron chi connectivity index (χ4n) is 1.77. The number of aliphatic hydroxyl groups is 1. The summed E-state index contributed by atoms with van der Waals surface area (Å²) in [6, 6.07) is 15.2. The lowest BCUT2D eigenvalue weighted by Crippen LogP contribution is -2.03. The molecular formula is C16H15BrO2S. The molecule has 104 valence electrons. The first-order chi connectivity index (χ1) is 9.54. The Morgan fingerprint density at radius 2 is 1.95 bits per heavy atom. The Bertz CT molecular complexity index is 596. The Labute approximate surface area is 131 Å². The Kier molecular flexibility index (Phi) is 5.40. The molecule has 0 aromatic heterocycles. The lowest BCUT2D eigenvalue weighted by molar-refractivity contribution is -0.112. The first-order valence-corrected chi connectivity index (χ1v) is 7.86. The first-order valence-electron chi connectivity index (χ1n) is 6.25. The number of rotatable bonds is 4. The number of hydrogen-bond donors (Lipinski definition) is 1. The summed E-state index contributed by atoms with van der Waals surface area (Å²) in [4.78, 5) is 12.9. The van der Waals surface area contributed by atoms with E-state index in [0.717, 1.165) is 20.5 Å². The van der Waals surface area contributed by atoms with Gasteiger partial charge in [0.05, 0.1) is 6.10 Å². The molecule has 1 atom stereocenters. The summed E-state index contributed by atoms with van der Waals surface area (Å²) >= 11 is 4.52. The number of halogens is 1. The molecule has 1 N–H and O–H groups in total. The molecule has 2 aromatic carbocycles. The Hall–Kier alpha value is -1.10. The van der Waals surface area contributed by atoms with E-state index in [2.05, 4.69) is 15.9 Å². The standard InChI is InChI=1S/C16H15BrO2S/c1-11-5-7-14(8-6-11)20-16(19)10-15(18)12-3-2-4-13(17)9-12/h2-9,15,18H,10H2,1H3/t15-/m1/s1. The normalized spacial score (nSPS) is 12.2. The van der Waals surface area contributed by atoms with Gasteiger partial charge in [0, 0.05) is 15.8 Å². The average molecular weight is 351 g/mol. The van der Waals surface area contributed by atoms with E-state index < -0.39 is 6.10 Å². The Morgan fingerprint density at radius 3 is 2.60 bits per heavy atom. The van der Waals surface area contributed by atoms with Crippen LogP contribution in [0.3, 0.4) is 0 Å². The van der Waals surface area contributed by atoms with Crippen molar-refractivity contribution in [2.24, 2.45) is 0 Å². The second-order valence-corrected chi connectivity index (χ2v) is 6.61. The van der Waals surface area contributed by atoms with Crippen molar-refractivity contribution in [3.8, 4) is 0 Å². The molecule has 0 unspecified atom stereocenters. The van der Waals surface area contributed by atoms with Crippen LogP contribution in [-0.2, 0) is 4.79 Å². The predicted octanol–water partition coefficient (Wildman–Crippen LogP) is 4.50. The van der Waals surface area contributed by atoms with E-state index in [1.807, 2.05) is 55.5 Å². The zero-order valence-electron chi connectivity index (χ0n) is 11.0. The van der Waals surface area contributed by atoms with Crippen LogP contribution in [0.25, 0.3) is 0 Å². The van der Waals surface area contributed by atoms with E-state index in [-0.39, 0.29) is 11.5 Å². The van der Waals surface area contributed by atoms with Crippen molar-refractivity contribution in [2.75, 3.05) is 0 Å². The smallest absolute Gasteiger partial charge is 0.196 e. The maximum Gasteiger partial charge on any atom is 0.196 e. The molecule has 0 aliphatic heterocycles. The maximum atomic E-state index is 12.0. The lowest BCUT2D eigenvalue weighted by atomic mass is 10.1. The number of hydrogen-bond acceptors (Lipinski definition) is 3. The molecule has 0 spiro atoms. The summed E-state index contributed by atoms with van der Waals surface area (Å²) < 4.78 is 0.896. The van der Waals surface area contributed by atoms with Gasteiger partial charge in [-0.1, -0.05) is 57.5 Å². The average Bonchev–Trinajstić information content (AvgIpc) is 2.41. The van der Waals surface area contributed by atoms with Crippen LogP contribution in [-0.4, -0.2) is 10.2 Å². The van der Waals surface area contributed by atoms with Crippen molar-refractivity contribution in [3.63, 3.8) is 0 Å². The third-order valence-electron chi connectivity index (χ3n) is 2.85. The highest BCUT2D eigenvalue weighted by Crippen LogP contribution is 2.26. The highest BCUT2D eigenvalue weighted by atomic mass is 79.9. The molecule has 0 amide bonds. The number of carbonyl (C=O) groups is 1. The summed E-state index contributed by atoms with van der Waals surface area (Å²) in [5.74, 6) is 0. The molecular weight excluding hydrogens is 336 g/mol. The fourth-order valence-corrected chi connectivity index (χ4v) is 2.96. The molecule has 0 saturated heterocycles. The number of aryl methyl sites for hydroxylation is 1. The Morgan fingerprint density at radius 1 is 1.25 bits per heavy atom. The minimum atomic E-state index is -0.766. The van der Waals surface area contributed by atoms with Gasteiger partial charge in [-0.25, -0.2) is 0 Å². The van der Waals surface area contributed by atoms with Crippen LogP contribution in [0.4, 0.5) is 0 Å². The van der Waals surface area contributed by atoms with Gasteiger partial charge < -0.3 is 5.11 Å². The summed E-state index contributed by atoms with van der Waals surface area (Å²) in [5.41, 5.74) is 1.91. The van der Waals surface area contributed by atoms with E-state index in [4.69, 9.17) is 0 Å². The van der Waals surface area contributed by atoms with Gasteiger partial charge in [0.25, 0.3) is 0 Å². The van der Waals surface area contributed by atoms with Gasteiger partial charge in [-0.3, -0.25) is 4.79 Å². The number of carbonyl (C=O) groups excluding carboxylic acids is 1. The number of aliphatic hydroxyl groups excluding tert-OH is 1. The minimum absolute atomic E-state index is 0.0404. The van der Waals surface area contributed by atoms with Gasteiger partial charge in [-0.05, 0) is 36.8 Å². The summed E-state index contributed by atoms with van der Waals surface area (Å²) in [7, 11) is 0. The van der Waals surface area contributed by atoms with Crippen molar-refractivity contribution in [3.05, 3.63) is 64.1 Å². The molecule has 2 nitrogen and oxygen atoms in total. The lowest BCUT2D eigenvalue weighted by Gasteiger charge is -2.10. The van der Waals surface area contributed by atoms with Crippen molar-refractivity contribution in [2.45, 2.75) is 24.3 Å². The van der Waals surface area contributed by atoms with E-state index in [1.165, 1.54) is 11.8 Å². The molecule has 0 saturated carbocycles. The van der Waals surface area contributed by atoms with Gasteiger partial charge in [0.2, 0.25) is 0 Å². The summed E-state index contributed by atoms with van der Waals surface area (Å²) in [6.07, 6.45) is -0.660. The first kappa shape index (κ1) is 15.3. The molecule has 4 heteroatoms. The van der Waals surface area contributed by atoms with Crippen LogP contribution in [0.2, 0.25) is 0 Å². The summed E-state index contributed by atoms with van der Waals surface area (Å²) in [6.45, 7) is 2.01. The van der Waals surface area contributed by atoms with E-state index in [9.17, 15) is 9.90 Å². The van der Waals surface area contributed by atoms with Crippen LogP contribution >= 0.6 is 27.7 Å². The van der Waals surface area contributed by atoms with Crippen molar-refractivity contribution in [1.82, 2.24) is 0 Å². The van der Waals surface area contributed by atoms with Crippen LogP contribution in [0.15, 0.2) is 57.9 Å². The highest BCUT2D eigenvalue weighted by Gasteiger charge is 2.14. The van der Waals surface area contributed by atoms with E-state index in [0.29, 0.717) is 0 Å². The fraction of sp³-hybridized carbons (Fsp3) is 0.188. The van der Waals surface area contributed by atoms with Gasteiger partial charge in [0.15, 0.2) is 5.12 Å². The van der Waals surface area contributed by atoms with Gasteiger partial charge >= 0.3 is 0 Å². The monoisotopic (exact) mass is 350 g/mol. The highest BCUT2D eigenvalue weighted by molar-refractivity contribution is 9.10. The summed E-state index contributed by atoms with van der Waals surface area (Å²) in [5, 5.41) is 10.0. The molecule has 0 bridgehead atoms. The molecule has 0 radical (unpaired) electrons. The third kappa shape index (κ3) is 4.47. The van der Waals surface area contributed by atoms with Crippen LogP contribution in [0.5, 0.6) is 0 Å². The van der Waals surface area contributed by atoms with Crippen LogP contribution in [0, 0.1) is 6.92 Å². The molecule has 0 aliphatic carbocycles. The van der Waals surface area contributed by atoms with Crippen molar-refractivity contribution < 1.29 is 9.90 Å². The molecule has 2 rings (SSSR count). The van der Waals surface area contributed by atoms with E-state index >= 15 is 0 Å². The Balaban J connectivity index is 1.95. The van der Waals surface area contributed by atoms with Crippen LogP contribution < -0.4 is 0 Å². The zero-order chi connectivity index (χ0) is 14.5. The zero-order valence-corrected chi connectivity index (χ0v) is 13.4. The van der Waals surface area contributed by atoms with Gasteiger partial charge in [-0.15, -0.1) is 0 Å². The van der Waals surface area contributed by atoms with Crippen LogP contribution in [0.1, 0.15) is 23.7 Å². The van der Waals surface area contributed by atoms with Gasteiger partial charge in [0.1, 0.15) is 0 Å². The number of benzene rings is 2. The van der Waals surface area contributed by atoms with Crippen molar-refractivity contribution in [1.29, 1.82) is 0 Å².